The van der Waals surface area contributed by atoms with Crippen LogP contribution in [0.25, 0.3) is 0 Å². The van der Waals surface area contributed by atoms with Gasteiger partial charge in [0.25, 0.3) is 0 Å². The number of allylic oxidation sites excluding steroid dienone is 1. The molecule has 0 aromatic heterocycles. The van der Waals surface area contributed by atoms with Crippen molar-refractivity contribution in [1.82, 2.24) is 0 Å². The van der Waals surface area contributed by atoms with Crippen molar-refractivity contribution < 1.29 is 4.39 Å². The van der Waals surface area contributed by atoms with E-state index in [2.05, 4.69) is 18.4 Å². The molecular weight excluding hydrogens is 151 g/mol. The molecule has 0 atom stereocenters. The molecule has 0 radical (unpaired) electrons. The smallest absolute Gasteiger partial charge is 0.123 e. The van der Waals surface area contributed by atoms with E-state index >= 15 is 0 Å². The van der Waals surface area contributed by atoms with Crippen LogP contribution in [0.3, 0.4) is 0 Å². The van der Waals surface area contributed by atoms with Gasteiger partial charge in [-0.3, -0.25) is 0 Å². The van der Waals surface area contributed by atoms with Crippen LogP contribution in [0.5, 0.6) is 0 Å². The minimum Gasteiger partial charge on any atom is -0.207 e. The highest BCUT2D eigenvalue weighted by atomic mass is 19.1. The van der Waals surface area contributed by atoms with E-state index in [0.29, 0.717) is 0 Å². The van der Waals surface area contributed by atoms with Crippen LogP contribution in [0.4, 0.5) is 4.39 Å². The summed E-state index contributed by atoms with van der Waals surface area (Å²) in [6.07, 6.45) is 0. The van der Waals surface area contributed by atoms with E-state index in [9.17, 15) is 4.39 Å². The quantitative estimate of drug-likeness (QED) is 0.512. The lowest BCUT2D eigenvalue weighted by Gasteiger charge is -1.88. The molecule has 0 saturated carbocycles. The van der Waals surface area contributed by atoms with Gasteiger partial charge in [0.05, 0.1) is 0 Å². The summed E-state index contributed by atoms with van der Waals surface area (Å²) in [5.74, 6) is 5.43. The summed E-state index contributed by atoms with van der Waals surface area (Å²) < 4.78 is 12.4. The monoisotopic (exact) mass is 160 g/mol. The van der Waals surface area contributed by atoms with Gasteiger partial charge in [0.15, 0.2) is 0 Å². The van der Waals surface area contributed by atoms with Crippen molar-refractivity contribution in [2.45, 2.75) is 6.92 Å². The summed E-state index contributed by atoms with van der Waals surface area (Å²) in [6.45, 7) is 5.47. The van der Waals surface area contributed by atoms with Crippen molar-refractivity contribution in [3.05, 3.63) is 47.8 Å². The van der Waals surface area contributed by atoms with Crippen LogP contribution in [0, 0.1) is 17.7 Å². The van der Waals surface area contributed by atoms with Crippen molar-refractivity contribution in [2.75, 3.05) is 0 Å². The van der Waals surface area contributed by atoms with Crippen LogP contribution < -0.4 is 0 Å². The third-order valence-electron chi connectivity index (χ3n) is 1.26. The highest BCUT2D eigenvalue weighted by Gasteiger charge is 1.87. The average molecular weight is 160 g/mol. The third kappa shape index (κ3) is 2.59. The Morgan fingerprint density at radius 3 is 2.42 bits per heavy atom. The lowest BCUT2D eigenvalue weighted by molar-refractivity contribution is 0.627. The number of rotatable bonds is 0. The zero-order valence-electron chi connectivity index (χ0n) is 6.89. The molecule has 0 fully saturated rings. The standard InChI is InChI=1S/C11H9F/c1-9(2)3-4-10-5-7-11(12)8-6-10/h5-8H,1H2,2H3. The Morgan fingerprint density at radius 1 is 1.33 bits per heavy atom. The molecule has 0 aliphatic carbocycles. The summed E-state index contributed by atoms with van der Waals surface area (Å²) in [5.41, 5.74) is 1.61. The van der Waals surface area contributed by atoms with Crippen LogP contribution in [-0.2, 0) is 0 Å². The maximum atomic E-state index is 12.4. The molecule has 0 amide bonds. The molecule has 0 heterocycles. The van der Waals surface area contributed by atoms with Crippen molar-refractivity contribution in [2.24, 2.45) is 0 Å². The Hall–Kier alpha value is -1.55. The molecular formula is C11H9F. The van der Waals surface area contributed by atoms with E-state index in [1.54, 1.807) is 12.1 Å². The van der Waals surface area contributed by atoms with Gasteiger partial charge in [0.2, 0.25) is 0 Å². The summed E-state index contributed by atoms with van der Waals surface area (Å²) >= 11 is 0. The normalized spacial score (nSPS) is 8.50. The first-order valence-corrected chi connectivity index (χ1v) is 3.61. The van der Waals surface area contributed by atoms with Gasteiger partial charge < -0.3 is 0 Å². The molecule has 0 saturated heterocycles. The fourth-order valence-corrected chi connectivity index (χ4v) is 0.712. The minimum atomic E-state index is -0.240. The molecule has 0 bridgehead atoms. The molecule has 12 heavy (non-hydrogen) atoms. The number of hydrogen-bond donors (Lipinski definition) is 0. The van der Waals surface area contributed by atoms with Gasteiger partial charge in [0.1, 0.15) is 5.82 Å². The third-order valence-corrected chi connectivity index (χ3v) is 1.26. The topological polar surface area (TPSA) is 0 Å². The van der Waals surface area contributed by atoms with Crippen LogP contribution >= 0.6 is 0 Å². The second-order valence-electron chi connectivity index (χ2n) is 2.54. The van der Waals surface area contributed by atoms with Crippen molar-refractivity contribution in [3.63, 3.8) is 0 Å². The fraction of sp³-hybridized carbons (Fsp3) is 0.0909. The molecule has 0 spiro atoms. The predicted molar refractivity (Wildman–Crippen MR) is 48.1 cm³/mol. The zero-order valence-corrected chi connectivity index (χ0v) is 6.89. The van der Waals surface area contributed by atoms with E-state index in [1.807, 2.05) is 6.92 Å². The van der Waals surface area contributed by atoms with Gasteiger partial charge in [0, 0.05) is 5.56 Å². The maximum absolute atomic E-state index is 12.4. The molecule has 1 rings (SSSR count). The molecule has 0 unspecified atom stereocenters. The van der Waals surface area contributed by atoms with Gasteiger partial charge in [-0.15, -0.1) is 0 Å². The number of benzene rings is 1. The van der Waals surface area contributed by atoms with Crippen LogP contribution in [0.1, 0.15) is 12.5 Å². The summed E-state index contributed by atoms with van der Waals surface area (Å²) in [5, 5.41) is 0. The Bertz CT molecular complexity index is 336. The molecule has 1 aromatic rings. The first-order chi connectivity index (χ1) is 5.68. The fourth-order valence-electron chi connectivity index (χ4n) is 0.712. The van der Waals surface area contributed by atoms with E-state index in [-0.39, 0.29) is 5.82 Å². The minimum absolute atomic E-state index is 0.240. The molecule has 0 N–H and O–H groups in total. The Balaban J connectivity index is 2.86. The Morgan fingerprint density at radius 2 is 1.92 bits per heavy atom. The maximum Gasteiger partial charge on any atom is 0.123 e. The molecule has 1 aromatic carbocycles. The van der Waals surface area contributed by atoms with E-state index in [0.717, 1.165) is 11.1 Å². The molecule has 0 nitrogen and oxygen atoms in total. The molecule has 0 aliphatic heterocycles. The van der Waals surface area contributed by atoms with Crippen molar-refractivity contribution >= 4 is 0 Å². The molecule has 0 aliphatic rings. The zero-order chi connectivity index (χ0) is 8.97. The van der Waals surface area contributed by atoms with Crippen molar-refractivity contribution in [3.8, 4) is 11.8 Å². The average Bonchev–Trinajstić information content (AvgIpc) is 2.03. The van der Waals surface area contributed by atoms with E-state index < -0.39 is 0 Å². The van der Waals surface area contributed by atoms with Gasteiger partial charge in [-0.1, -0.05) is 18.4 Å². The van der Waals surface area contributed by atoms with Gasteiger partial charge in [-0.25, -0.2) is 4.39 Å². The van der Waals surface area contributed by atoms with Gasteiger partial charge in [-0.2, -0.15) is 0 Å². The lowest BCUT2D eigenvalue weighted by atomic mass is 10.2. The summed E-state index contributed by atoms with van der Waals surface area (Å²) in [6, 6.07) is 6.07. The van der Waals surface area contributed by atoms with Gasteiger partial charge in [-0.05, 0) is 36.8 Å². The highest BCUT2D eigenvalue weighted by Crippen LogP contribution is 2.00. The van der Waals surface area contributed by atoms with E-state index in [4.69, 9.17) is 0 Å². The second-order valence-corrected chi connectivity index (χ2v) is 2.54. The predicted octanol–water partition coefficient (Wildman–Crippen LogP) is 2.75. The largest absolute Gasteiger partial charge is 0.207 e. The van der Waals surface area contributed by atoms with Crippen LogP contribution in [0.15, 0.2) is 36.4 Å². The summed E-state index contributed by atoms with van der Waals surface area (Å²) in [7, 11) is 0. The first kappa shape index (κ1) is 8.55. The molecule has 1 heteroatoms. The van der Waals surface area contributed by atoms with E-state index in [1.165, 1.54) is 12.1 Å². The van der Waals surface area contributed by atoms with Crippen LogP contribution in [0.2, 0.25) is 0 Å². The first-order valence-electron chi connectivity index (χ1n) is 3.61. The number of hydrogen-bond acceptors (Lipinski definition) is 0. The second kappa shape index (κ2) is 3.73. The number of halogens is 1. The summed E-state index contributed by atoms with van der Waals surface area (Å²) in [4.78, 5) is 0. The SMILES string of the molecule is C=C(C)C#Cc1ccc(F)cc1. The Labute approximate surface area is 71.7 Å². The molecule has 60 valence electrons. The lowest BCUT2D eigenvalue weighted by Crippen LogP contribution is -1.75. The van der Waals surface area contributed by atoms with Crippen LogP contribution in [-0.4, -0.2) is 0 Å². The Kier molecular flexibility index (Phi) is 2.66. The van der Waals surface area contributed by atoms with Crippen molar-refractivity contribution in [1.29, 1.82) is 0 Å². The highest BCUT2D eigenvalue weighted by molar-refractivity contribution is 5.38. The van der Waals surface area contributed by atoms with Gasteiger partial charge >= 0.3 is 0 Å².